The molecule has 0 bridgehead atoms. The monoisotopic (exact) mass is 462 g/mol. The molecule has 2 N–H and O–H groups in total. The van der Waals surface area contributed by atoms with Crippen molar-refractivity contribution in [2.75, 3.05) is 43.9 Å². The number of aromatic nitrogens is 1. The van der Waals surface area contributed by atoms with Gasteiger partial charge in [-0.15, -0.1) is 13.2 Å². The van der Waals surface area contributed by atoms with Gasteiger partial charge in [0.2, 0.25) is 5.88 Å². The fraction of sp³-hybridized carbons (Fsp3) is 0.273. The number of alkyl halides is 3. The molecule has 0 atom stereocenters. The highest BCUT2D eigenvalue weighted by atomic mass is 19.4. The van der Waals surface area contributed by atoms with E-state index in [0.717, 1.165) is 23.6 Å². The Bertz CT molecular complexity index is 1140. The number of nitrogen functional groups attached to an aromatic ring is 1. The number of amides is 1. The van der Waals surface area contributed by atoms with Crippen LogP contribution in [0.5, 0.6) is 11.5 Å². The van der Waals surface area contributed by atoms with Crippen LogP contribution in [0.25, 0.3) is 11.3 Å². The molecule has 1 fully saturated rings. The molecule has 1 aliphatic rings. The number of ether oxygens (including phenoxy) is 2. The van der Waals surface area contributed by atoms with Crippen LogP contribution in [0.2, 0.25) is 0 Å². The molecule has 0 radical (unpaired) electrons. The van der Waals surface area contributed by atoms with Gasteiger partial charge in [0.15, 0.2) is 0 Å². The van der Waals surface area contributed by atoms with Crippen LogP contribution in [-0.2, 0) is 0 Å². The molecular weight excluding hydrogens is 441 g/mol. The second-order valence-corrected chi connectivity index (χ2v) is 7.30. The summed E-state index contributed by atoms with van der Waals surface area (Å²) < 4.78 is 52.1. The lowest BCUT2D eigenvalue weighted by molar-refractivity contribution is -0.274. The Morgan fingerprint density at radius 3 is 2.52 bits per heavy atom. The highest BCUT2D eigenvalue weighted by Gasteiger charge is 2.32. The molecule has 33 heavy (non-hydrogen) atoms. The lowest BCUT2D eigenvalue weighted by atomic mass is 10.1. The minimum Gasteiger partial charge on any atom is -0.495 e. The number of halogens is 3. The van der Waals surface area contributed by atoms with Gasteiger partial charge in [0.25, 0.3) is 5.91 Å². The Hall–Kier alpha value is -3.89. The van der Waals surface area contributed by atoms with Gasteiger partial charge in [-0.1, -0.05) is 29.4 Å². The van der Waals surface area contributed by atoms with Crippen LogP contribution < -0.4 is 20.1 Å². The highest BCUT2D eigenvalue weighted by Crippen LogP contribution is 2.33. The summed E-state index contributed by atoms with van der Waals surface area (Å²) in [5.41, 5.74) is 7.07. The van der Waals surface area contributed by atoms with Crippen LogP contribution in [0, 0.1) is 0 Å². The van der Waals surface area contributed by atoms with Crippen molar-refractivity contribution < 1.29 is 32.0 Å². The second-order valence-electron chi connectivity index (χ2n) is 7.30. The first-order valence-corrected chi connectivity index (χ1v) is 10.1. The molecule has 2 aromatic carbocycles. The fourth-order valence-corrected chi connectivity index (χ4v) is 3.75. The first-order chi connectivity index (χ1) is 15.8. The molecule has 1 saturated heterocycles. The minimum absolute atomic E-state index is 0.00454. The van der Waals surface area contributed by atoms with Gasteiger partial charge in [0.1, 0.15) is 22.8 Å². The van der Waals surface area contributed by atoms with Gasteiger partial charge in [-0.05, 0) is 24.3 Å². The average Bonchev–Trinajstić information content (AvgIpc) is 3.19. The van der Waals surface area contributed by atoms with E-state index in [2.05, 4.69) is 14.8 Å². The van der Waals surface area contributed by atoms with Gasteiger partial charge in [-0.2, -0.15) is 0 Å². The Balaban J connectivity index is 1.53. The van der Waals surface area contributed by atoms with E-state index in [-0.39, 0.29) is 22.7 Å². The molecule has 1 aromatic heterocycles. The van der Waals surface area contributed by atoms with Crippen molar-refractivity contribution in [1.29, 1.82) is 0 Å². The number of para-hydroxylation sites is 2. The van der Waals surface area contributed by atoms with Gasteiger partial charge in [0.05, 0.1) is 12.8 Å². The molecule has 3 aromatic rings. The maximum absolute atomic E-state index is 13.2. The number of benzene rings is 2. The number of hydrogen-bond donors (Lipinski definition) is 1. The Labute approximate surface area is 187 Å². The Morgan fingerprint density at radius 1 is 1.09 bits per heavy atom. The quantitative estimate of drug-likeness (QED) is 0.617. The average molecular weight is 462 g/mol. The van der Waals surface area contributed by atoms with Gasteiger partial charge >= 0.3 is 6.36 Å². The molecule has 0 aliphatic carbocycles. The normalized spacial score (nSPS) is 14.3. The molecule has 2 heterocycles. The summed E-state index contributed by atoms with van der Waals surface area (Å²) in [7, 11) is 1.60. The summed E-state index contributed by atoms with van der Waals surface area (Å²) in [4.78, 5) is 17.0. The molecule has 174 valence electrons. The fourth-order valence-electron chi connectivity index (χ4n) is 3.75. The summed E-state index contributed by atoms with van der Waals surface area (Å²) in [6, 6.07) is 12.7. The van der Waals surface area contributed by atoms with Crippen molar-refractivity contribution in [3.63, 3.8) is 0 Å². The topological polar surface area (TPSA) is 94.1 Å². The van der Waals surface area contributed by atoms with Crippen molar-refractivity contribution in [1.82, 2.24) is 10.1 Å². The van der Waals surface area contributed by atoms with E-state index < -0.39 is 18.0 Å². The van der Waals surface area contributed by atoms with Crippen molar-refractivity contribution in [3.05, 3.63) is 54.1 Å². The molecule has 1 amide bonds. The van der Waals surface area contributed by atoms with E-state index in [4.69, 9.17) is 15.0 Å². The third-order valence-electron chi connectivity index (χ3n) is 5.27. The maximum Gasteiger partial charge on any atom is 0.573 e. The molecule has 1 aliphatic heterocycles. The number of carbonyl (C=O) groups excluding carboxylic acids is 1. The van der Waals surface area contributed by atoms with Crippen molar-refractivity contribution >= 4 is 17.5 Å². The molecule has 0 saturated carbocycles. The molecular formula is C22H21F3N4O4. The molecule has 0 spiro atoms. The lowest BCUT2D eigenvalue weighted by Crippen LogP contribution is -2.49. The van der Waals surface area contributed by atoms with E-state index >= 15 is 0 Å². The predicted octanol–water partition coefficient (Wildman–Crippen LogP) is 3.79. The van der Waals surface area contributed by atoms with Gasteiger partial charge in [0, 0.05) is 31.7 Å². The number of carbonyl (C=O) groups is 1. The van der Waals surface area contributed by atoms with Gasteiger partial charge in [-0.3, -0.25) is 4.79 Å². The first kappa shape index (κ1) is 22.3. The largest absolute Gasteiger partial charge is 0.573 e. The summed E-state index contributed by atoms with van der Waals surface area (Å²) in [5, 5.41) is 3.81. The van der Waals surface area contributed by atoms with Crippen LogP contribution in [-0.4, -0.2) is 55.6 Å². The van der Waals surface area contributed by atoms with E-state index in [0.29, 0.717) is 26.2 Å². The number of hydrogen-bond acceptors (Lipinski definition) is 7. The molecule has 0 unspecified atom stereocenters. The SMILES string of the molecule is COc1ccccc1N1CCN(C(=O)c2c(-c3cccc(OC(F)(F)F)c3)noc2N)CC1. The highest BCUT2D eigenvalue weighted by molar-refractivity contribution is 6.03. The van der Waals surface area contributed by atoms with Crippen LogP contribution in [0.4, 0.5) is 24.7 Å². The maximum atomic E-state index is 13.2. The zero-order valence-corrected chi connectivity index (χ0v) is 17.6. The first-order valence-electron chi connectivity index (χ1n) is 10.1. The lowest BCUT2D eigenvalue weighted by Gasteiger charge is -2.36. The van der Waals surface area contributed by atoms with Crippen LogP contribution in [0.15, 0.2) is 53.1 Å². The summed E-state index contributed by atoms with van der Waals surface area (Å²) >= 11 is 0. The molecule has 11 heteroatoms. The predicted molar refractivity (Wildman–Crippen MR) is 114 cm³/mol. The number of methoxy groups -OCH3 is 1. The zero-order chi connectivity index (χ0) is 23.6. The van der Waals surface area contributed by atoms with Gasteiger partial charge < -0.3 is 29.5 Å². The standard InChI is InChI=1S/C22H21F3N4O4/c1-31-17-8-3-2-7-16(17)28-9-11-29(12-10-28)21(30)18-19(27-33-20(18)26)14-5-4-6-15(13-14)32-22(23,24)25/h2-8,13H,9-12,26H2,1H3. The third kappa shape index (κ3) is 4.81. The Morgan fingerprint density at radius 2 is 1.82 bits per heavy atom. The number of anilines is 2. The van der Waals surface area contributed by atoms with E-state index in [1.807, 2.05) is 24.3 Å². The second kappa shape index (κ2) is 8.93. The van der Waals surface area contributed by atoms with E-state index in [1.165, 1.54) is 12.1 Å². The van der Waals surface area contributed by atoms with Crippen LogP contribution >= 0.6 is 0 Å². The van der Waals surface area contributed by atoms with E-state index in [9.17, 15) is 18.0 Å². The van der Waals surface area contributed by atoms with Crippen molar-refractivity contribution in [2.24, 2.45) is 0 Å². The van der Waals surface area contributed by atoms with Crippen molar-refractivity contribution in [2.45, 2.75) is 6.36 Å². The van der Waals surface area contributed by atoms with Crippen LogP contribution in [0.1, 0.15) is 10.4 Å². The van der Waals surface area contributed by atoms with Gasteiger partial charge in [-0.25, -0.2) is 0 Å². The number of nitrogens with two attached hydrogens (primary N) is 1. The number of nitrogens with zero attached hydrogens (tertiary/aromatic N) is 3. The number of piperazine rings is 1. The van der Waals surface area contributed by atoms with E-state index in [1.54, 1.807) is 12.0 Å². The Kier molecular flexibility index (Phi) is 6.03. The minimum atomic E-state index is -4.85. The van der Waals surface area contributed by atoms with Crippen LogP contribution in [0.3, 0.4) is 0 Å². The summed E-state index contributed by atoms with van der Waals surface area (Å²) in [6.45, 7) is 1.92. The molecule has 4 rings (SSSR count). The summed E-state index contributed by atoms with van der Waals surface area (Å²) in [5.74, 6) is -0.316. The smallest absolute Gasteiger partial charge is 0.495 e. The van der Waals surface area contributed by atoms with Crippen molar-refractivity contribution in [3.8, 4) is 22.8 Å². The summed E-state index contributed by atoms with van der Waals surface area (Å²) in [6.07, 6.45) is -4.85. The number of rotatable bonds is 5. The third-order valence-corrected chi connectivity index (χ3v) is 5.27. The zero-order valence-electron chi connectivity index (χ0n) is 17.6. The molecule has 8 nitrogen and oxygen atoms in total.